The smallest absolute Gasteiger partial charge is 0.138 e. The molecule has 102 valence electrons. The molecule has 0 fully saturated rings. The zero-order valence-electron chi connectivity index (χ0n) is 10.5. The third-order valence-electron chi connectivity index (χ3n) is 2.46. The summed E-state index contributed by atoms with van der Waals surface area (Å²) in [6.07, 6.45) is 3.45. The molecule has 1 heterocycles. The SMILES string of the molecule is Fc1cccc(NC(=S)C(=S)NCc2cccnc2)c1. The number of rotatable bonds is 3. The van der Waals surface area contributed by atoms with Gasteiger partial charge in [0.1, 0.15) is 15.8 Å². The van der Waals surface area contributed by atoms with Gasteiger partial charge in [0.25, 0.3) is 0 Å². The minimum atomic E-state index is -0.327. The highest BCUT2D eigenvalue weighted by Gasteiger charge is 2.05. The molecule has 0 amide bonds. The van der Waals surface area contributed by atoms with Crippen LogP contribution in [-0.4, -0.2) is 15.0 Å². The van der Waals surface area contributed by atoms with Crippen LogP contribution in [0, 0.1) is 5.82 Å². The molecule has 0 unspecified atom stereocenters. The number of nitrogens with one attached hydrogen (secondary N) is 2. The molecular formula is C14H12FN3S2. The Morgan fingerprint density at radius 1 is 1.15 bits per heavy atom. The van der Waals surface area contributed by atoms with Gasteiger partial charge in [0.05, 0.1) is 0 Å². The summed E-state index contributed by atoms with van der Waals surface area (Å²) in [5, 5.41) is 5.92. The molecule has 6 heteroatoms. The Bertz CT molecular complexity index is 617. The number of thiocarbonyl (C=S) groups is 2. The van der Waals surface area contributed by atoms with Crippen molar-refractivity contribution in [1.82, 2.24) is 10.3 Å². The summed E-state index contributed by atoms with van der Waals surface area (Å²) in [6, 6.07) is 9.84. The Hall–Kier alpha value is -1.92. The minimum Gasteiger partial charge on any atom is -0.370 e. The first kappa shape index (κ1) is 14.5. The summed E-state index contributed by atoms with van der Waals surface area (Å²) < 4.78 is 13.0. The van der Waals surface area contributed by atoms with Crippen LogP contribution >= 0.6 is 24.4 Å². The van der Waals surface area contributed by atoms with E-state index in [1.807, 2.05) is 12.1 Å². The van der Waals surface area contributed by atoms with E-state index >= 15 is 0 Å². The maximum atomic E-state index is 13.0. The zero-order chi connectivity index (χ0) is 14.4. The van der Waals surface area contributed by atoms with Crippen molar-refractivity contribution < 1.29 is 4.39 Å². The average Bonchev–Trinajstić information content (AvgIpc) is 2.46. The van der Waals surface area contributed by atoms with Crippen LogP contribution in [0.3, 0.4) is 0 Å². The van der Waals surface area contributed by atoms with Gasteiger partial charge in [0, 0.05) is 24.6 Å². The number of halogens is 1. The van der Waals surface area contributed by atoms with Crippen LogP contribution in [0.5, 0.6) is 0 Å². The van der Waals surface area contributed by atoms with Gasteiger partial charge in [-0.1, -0.05) is 36.6 Å². The Morgan fingerprint density at radius 2 is 2.00 bits per heavy atom. The van der Waals surface area contributed by atoms with Gasteiger partial charge in [-0.25, -0.2) is 4.39 Å². The fourth-order valence-electron chi connectivity index (χ4n) is 1.52. The Balaban J connectivity index is 1.88. The molecule has 2 rings (SSSR count). The molecule has 0 aliphatic carbocycles. The summed E-state index contributed by atoms with van der Waals surface area (Å²) in [6.45, 7) is 0.539. The molecular weight excluding hydrogens is 293 g/mol. The lowest BCUT2D eigenvalue weighted by atomic mass is 10.3. The van der Waals surface area contributed by atoms with Crippen LogP contribution in [0.15, 0.2) is 48.8 Å². The minimum absolute atomic E-state index is 0.327. The van der Waals surface area contributed by atoms with Crippen LogP contribution in [0.1, 0.15) is 5.56 Å². The Kier molecular flexibility index (Phi) is 5.09. The van der Waals surface area contributed by atoms with E-state index in [9.17, 15) is 4.39 Å². The van der Waals surface area contributed by atoms with Crippen LogP contribution in [0.25, 0.3) is 0 Å². The number of hydrogen-bond acceptors (Lipinski definition) is 3. The summed E-state index contributed by atoms with van der Waals surface area (Å²) in [5.74, 6) is -0.327. The second-order valence-electron chi connectivity index (χ2n) is 4.01. The van der Waals surface area contributed by atoms with Crippen molar-refractivity contribution in [3.05, 3.63) is 60.2 Å². The van der Waals surface area contributed by atoms with Crippen LogP contribution in [0.4, 0.5) is 10.1 Å². The average molecular weight is 305 g/mol. The first-order chi connectivity index (χ1) is 9.65. The van der Waals surface area contributed by atoms with E-state index < -0.39 is 0 Å². The lowest BCUT2D eigenvalue weighted by Crippen LogP contribution is -2.32. The fraction of sp³-hybridized carbons (Fsp3) is 0.0714. The molecule has 2 N–H and O–H groups in total. The van der Waals surface area contributed by atoms with Gasteiger partial charge in [-0.15, -0.1) is 0 Å². The second kappa shape index (κ2) is 7.02. The molecule has 20 heavy (non-hydrogen) atoms. The summed E-state index contributed by atoms with van der Waals surface area (Å²) >= 11 is 10.3. The molecule has 1 aromatic heterocycles. The first-order valence-corrected chi connectivity index (χ1v) is 6.70. The van der Waals surface area contributed by atoms with E-state index in [1.54, 1.807) is 24.5 Å². The van der Waals surface area contributed by atoms with Gasteiger partial charge in [-0.05, 0) is 29.8 Å². The molecule has 0 aliphatic rings. The lowest BCUT2D eigenvalue weighted by Gasteiger charge is -2.11. The van der Waals surface area contributed by atoms with E-state index in [-0.39, 0.29) is 5.82 Å². The fourth-order valence-corrected chi connectivity index (χ4v) is 1.83. The highest BCUT2D eigenvalue weighted by molar-refractivity contribution is 7.89. The van der Waals surface area contributed by atoms with Crippen molar-refractivity contribution in [2.75, 3.05) is 5.32 Å². The second-order valence-corrected chi connectivity index (χ2v) is 4.82. The van der Waals surface area contributed by atoms with E-state index in [0.29, 0.717) is 22.2 Å². The summed E-state index contributed by atoms with van der Waals surface area (Å²) in [7, 11) is 0. The number of benzene rings is 1. The standard InChI is InChI=1S/C14H12FN3S2/c15-11-4-1-5-12(7-11)18-14(20)13(19)17-9-10-3-2-6-16-8-10/h1-8H,9H2,(H,17,19)(H,18,20). The summed E-state index contributed by atoms with van der Waals surface area (Å²) in [5.41, 5.74) is 1.57. The molecule has 2 aromatic rings. The van der Waals surface area contributed by atoms with Crippen molar-refractivity contribution in [3.63, 3.8) is 0 Å². The van der Waals surface area contributed by atoms with E-state index in [4.69, 9.17) is 24.4 Å². The van der Waals surface area contributed by atoms with Crippen molar-refractivity contribution in [1.29, 1.82) is 0 Å². The molecule has 0 saturated carbocycles. The quantitative estimate of drug-likeness (QED) is 0.852. The molecule has 0 radical (unpaired) electrons. The maximum Gasteiger partial charge on any atom is 0.138 e. The number of aromatic nitrogens is 1. The van der Waals surface area contributed by atoms with E-state index in [0.717, 1.165) is 5.56 Å². The molecule has 3 nitrogen and oxygen atoms in total. The molecule has 0 aliphatic heterocycles. The monoisotopic (exact) mass is 305 g/mol. The third kappa shape index (κ3) is 4.32. The van der Waals surface area contributed by atoms with E-state index in [1.165, 1.54) is 12.1 Å². The van der Waals surface area contributed by atoms with Crippen LogP contribution in [0.2, 0.25) is 0 Å². The molecule has 0 saturated heterocycles. The molecule has 0 spiro atoms. The number of hydrogen-bond donors (Lipinski definition) is 2. The van der Waals surface area contributed by atoms with Gasteiger partial charge >= 0.3 is 0 Å². The van der Waals surface area contributed by atoms with E-state index in [2.05, 4.69) is 15.6 Å². The predicted octanol–water partition coefficient (Wildman–Crippen LogP) is 3.08. The van der Waals surface area contributed by atoms with Gasteiger partial charge < -0.3 is 10.6 Å². The zero-order valence-corrected chi connectivity index (χ0v) is 12.1. The van der Waals surface area contributed by atoms with Crippen LogP contribution < -0.4 is 10.6 Å². The number of pyridine rings is 1. The van der Waals surface area contributed by atoms with Crippen LogP contribution in [-0.2, 0) is 6.54 Å². The third-order valence-corrected chi connectivity index (χ3v) is 3.25. The first-order valence-electron chi connectivity index (χ1n) is 5.89. The molecule has 0 bridgehead atoms. The molecule has 0 atom stereocenters. The van der Waals surface area contributed by atoms with Gasteiger partial charge in [0.2, 0.25) is 0 Å². The Morgan fingerprint density at radius 3 is 2.70 bits per heavy atom. The number of nitrogens with zero attached hydrogens (tertiary/aromatic N) is 1. The predicted molar refractivity (Wildman–Crippen MR) is 86.3 cm³/mol. The highest BCUT2D eigenvalue weighted by Crippen LogP contribution is 2.09. The maximum absolute atomic E-state index is 13.0. The van der Waals surface area contributed by atoms with Crippen molar-refractivity contribution in [2.45, 2.75) is 6.54 Å². The number of anilines is 1. The topological polar surface area (TPSA) is 37.0 Å². The van der Waals surface area contributed by atoms with Crippen molar-refractivity contribution in [3.8, 4) is 0 Å². The highest BCUT2D eigenvalue weighted by atomic mass is 32.1. The van der Waals surface area contributed by atoms with Gasteiger partial charge in [-0.2, -0.15) is 0 Å². The normalized spacial score (nSPS) is 9.85. The molecule has 1 aromatic carbocycles. The lowest BCUT2D eigenvalue weighted by molar-refractivity contribution is 0.628. The van der Waals surface area contributed by atoms with Crippen molar-refractivity contribution in [2.24, 2.45) is 0 Å². The van der Waals surface area contributed by atoms with Crippen molar-refractivity contribution >= 4 is 40.1 Å². The largest absolute Gasteiger partial charge is 0.370 e. The summed E-state index contributed by atoms with van der Waals surface area (Å²) in [4.78, 5) is 4.78. The Labute approximate surface area is 127 Å². The van der Waals surface area contributed by atoms with Gasteiger partial charge in [-0.3, -0.25) is 4.98 Å². The van der Waals surface area contributed by atoms with Gasteiger partial charge in [0.15, 0.2) is 0 Å².